The zero-order chi connectivity index (χ0) is 24.1. The second kappa shape index (κ2) is 19.7. The highest BCUT2D eigenvalue weighted by Crippen LogP contribution is 2.35. The molecule has 9 heteroatoms. The summed E-state index contributed by atoms with van der Waals surface area (Å²) in [6.45, 7) is 1.40. The summed E-state index contributed by atoms with van der Waals surface area (Å²) >= 11 is 0. The fourth-order valence-corrected chi connectivity index (χ4v) is 2.90. The van der Waals surface area contributed by atoms with Gasteiger partial charge in [0, 0.05) is 6.42 Å². The second-order valence-corrected chi connectivity index (χ2v) is 8.46. The summed E-state index contributed by atoms with van der Waals surface area (Å²) < 4.78 is 14.8. The molecule has 4 N–H and O–H groups in total. The number of unbranched alkanes of at least 4 members (excludes halogenated alkanes) is 4. The third-order valence-electron chi connectivity index (χ3n) is 4.27. The van der Waals surface area contributed by atoms with Crippen molar-refractivity contribution in [3.8, 4) is 0 Å². The molecule has 0 aromatic heterocycles. The summed E-state index contributed by atoms with van der Waals surface area (Å²) in [6, 6.07) is -1.51. The van der Waals surface area contributed by atoms with Gasteiger partial charge in [-0.3, -0.25) is 9.32 Å². The highest BCUT2D eigenvalue weighted by atomic mass is 31.2. The lowest BCUT2D eigenvalue weighted by Crippen LogP contribution is -2.43. The van der Waals surface area contributed by atoms with Gasteiger partial charge >= 0.3 is 13.8 Å². The molecular formula is C23H38NO7P. The summed E-state index contributed by atoms with van der Waals surface area (Å²) in [5.41, 5.74) is 0. The summed E-state index contributed by atoms with van der Waals surface area (Å²) in [4.78, 5) is 40.0. The number of carboxylic acid groups (broad SMARTS) is 1. The number of carbonyl (C=O) groups excluding carboxylic acids is 1. The molecule has 1 atom stereocenters. The molecule has 0 aliphatic rings. The maximum atomic E-state index is 11.8. The minimum Gasteiger partial charge on any atom is -0.480 e. The lowest BCUT2D eigenvalue weighted by Gasteiger charge is -2.14. The Balaban J connectivity index is 3.83. The third-order valence-corrected chi connectivity index (χ3v) is 4.76. The molecule has 0 saturated heterocycles. The minimum absolute atomic E-state index is 0.109. The highest BCUT2D eigenvalue weighted by Gasteiger charge is 2.24. The van der Waals surface area contributed by atoms with Crippen molar-refractivity contribution < 1.29 is 33.6 Å². The van der Waals surface area contributed by atoms with E-state index >= 15 is 0 Å². The smallest absolute Gasteiger partial charge is 0.469 e. The van der Waals surface area contributed by atoms with Crippen LogP contribution in [0.3, 0.4) is 0 Å². The van der Waals surface area contributed by atoms with Crippen LogP contribution in [0.15, 0.2) is 48.6 Å². The van der Waals surface area contributed by atoms with E-state index in [0.29, 0.717) is 12.8 Å². The van der Waals surface area contributed by atoms with Crippen LogP contribution in [0.25, 0.3) is 0 Å². The predicted molar refractivity (Wildman–Crippen MR) is 126 cm³/mol. The molecule has 0 rings (SSSR count). The van der Waals surface area contributed by atoms with E-state index in [1.807, 2.05) is 12.2 Å². The zero-order valence-electron chi connectivity index (χ0n) is 18.9. The lowest BCUT2D eigenvalue weighted by molar-refractivity contribution is -0.142. The van der Waals surface area contributed by atoms with Crippen molar-refractivity contribution in [3.63, 3.8) is 0 Å². The molecule has 0 unspecified atom stereocenters. The van der Waals surface area contributed by atoms with Gasteiger partial charge < -0.3 is 20.2 Å². The minimum atomic E-state index is -4.79. The fraction of sp³-hybridized carbons (Fsp3) is 0.565. The normalized spacial score (nSPS) is 13.6. The molecule has 0 aliphatic heterocycles. The molecule has 0 heterocycles. The van der Waals surface area contributed by atoms with Crippen LogP contribution in [0.1, 0.15) is 71.1 Å². The van der Waals surface area contributed by atoms with E-state index in [4.69, 9.17) is 14.9 Å². The first-order valence-corrected chi connectivity index (χ1v) is 12.6. The number of phosphoric acid groups is 1. The largest absolute Gasteiger partial charge is 0.480 e. The standard InChI is InChI=1S/C23H38NO7P/c1-2-3-4-5-6-7-8-9-10-11-12-13-14-15-16-17-18-19-22(25)24-21(23(26)27)20-31-32(28,29)30/h6-7,9-10,12-13,15-16,21H,2-5,8,11,14,17-20H2,1H3,(H,24,25)(H,26,27)(H2,28,29,30)/t21-/m0/s1. The van der Waals surface area contributed by atoms with Crippen LogP contribution in [0.2, 0.25) is 0 Å². The Bertz CT molecular complexity index is 680. The fourth-order valence-electron chi connectivity index (χ4n) is 2.55. The van der Waals surface area contributed by atoms with Crippen molar-refractivity contribution in [2.45, 2.75) is 77.2 Å². The van der Waals surface area contributed by atoms with Crippen LogP contribution >= 0.6 is 7.82 Å². The molecule has 0 aromatic rings. The van der Waals surface area contributed by atoms with Gasteiger partial charge in [0.05, 0.1) is 6.61 Å². The van der Waals surface area contributed by atoms with Crippen LogP contribution in [0.4, 0.5) is 0 Å². The molecule has 1 amide bonds. The van der Waals surface area contributed by atoms with Gasteiger partial charge in [-0.15, -0.1) is 0 Å². The molecule has 0 aromatic carbocycles. The van der Waals surface area contributed by atoms with Gasteiger partial charge in [-0.2, -0.15) is 0 Å². The molecule has 0 fully saturated rings. The van der Waals surface area contributed by atoms with E-state index in [9.17, 15) is 14.2 Å². The summed E-state index contributed by atoms with van der Waals surface area (Å²) in [6.07, 6.45) is 25.9. The SMILES string of the molecule is CCCCCC=CCC=CCC=CCC=CCCCC(=O)N[C@@H](COP(=O)(O)O)C(=O)O. The predicted octanol–water partition coefficient (Wildman–Crippen LogP) is 4.81. The van der Waals surface area contributed by atoms with Crippen molar-refractivity contribution >= 4 is 19.7 Å². The van der Waals surface area contributed by atoms with Crippen molar-refractivity contribution in [2.75, 3.05) is 6.61 Å². The van der Waals surface area contributed by atoms with Crippen LogP contribution in [-0.4, -0.2) is 39.4 Å². The van der Waals surface area contributed by atoms with Gasteiger partial charge in [0.15, 0.2) is 6.04 Å². The number of phosphoric ester groups is 1. The number of carboxylic acids is 1. The monoisotopic (exact) mass is 471 g/mol. The van der Waals surface area contributed by atoms with Gasteiger partial charge in [0.25, 0.3) is 0 Å². The summed E-state index contributed by atoms with van der Waals surface area (Å²) in [7, 11) is -4.79. The first-order valence-electron chi connectivity index (χ1n) is 11.1. The van der Waals surface area contributed by atoms with Crippen LogP contribution in [0.5, 0.6) is 0 Å². The third kappa shape index (κ3) is 21.2. The first kappa shape index (κ1) is 30.0. The highest BCUT2D eigenvalue weighted by molar-refractivity contribution is 7.46. The number of hydrogen-bond acceptors (Lipinski definition) is 4. The van der Waals surface area contributed by atoms with E-state index in [2.05, 4.69) is 53.2 Å². The second-order valence-electron chi connectivity index (χ2n) is 7.23. The van der Waals surface area contributed by atoms with Crippen molar-refractivity contribution in [1.29, 1.82) is 0 Å². The Morgan fingerprint density at radius 2 is 1.38 bits per heavy atom. The van der Waals surface area contributed by atoms with E-state index < -0.39 is 32.3 Å². The molecule has 0 aliphatic carbocycles. The number of amides is 1. The maximum absolute atomic E-state index is 11.8. The summed E-state index contributed by atoms with van der Waals surface area (Å²) in [5.74, 6) is -1.94. The van der Waals surface area contributed by atoms with Crippen molar-refractivity contribution in [2.24, 2.45) is 0 Å². The van der Waals surface area contributed by atoms with E-state index in [0.717, 1.165) is 25.7 Å². The lowest BCUT2D eigenvalue weighted by atomic mass is 10.2. The van der Waals surface area contributed by atoms with Crippen LogP contribution in [-0.2, 0) is 18.7 Å². The molecule has 0 bridgehead atoms. The Hall–Kier alpha value is -1.99. The first-order chi connectivity index (χ1) is 15.3. The Morgan fingerprint density at radius 3 is 1.84 bits per heavy atom. The van der Waals surface area contributed by atoms with Crippen LogP contribution < -0.4 is 5.32 Å². The number of nitrogens with one attached hydrogen (secondary N) is 1. The maximum Gasteiger partial charge on any atom is 0.469 e. The Kier molecular flexibility index (Phi) is 18.5. The molecule has 0 spiro atoms. The average Bonchev–Trinajstić information content (AvgIpc) is 2.72. The molecule has 0 radical (unpaired) electrons. The molecule has 182 valence electrons. The van der Waals surface area contributed by atoms with Gasteiger partial charge in [0.2, 0.25) is 5.91 Å². The number of carbonyl (C=O) groups is 2. The Morgan fingerprint density at radius 1 is 0.875 bits per heavy atom. The van der Waals surface area contributed by atoms with Gasteiger partial charge in [-0.05, 0) is 44.9 Å². The number of allylic oxidation sites excluding steroid dienone is 8. The molecule has 32 heavy (non-hydrogen) atoms. The van der Waals surface area contributed by atoms with Gasteiger partial charge in [-0.25, -0.2) is 9.36 Å². The number of hydrogen-bond donors (Lipinski definition) is 4. The number of aliphatic carboxylic acids is 1. The molecule has 0 saturated carbocycles. The van der Waals surface area contributed by atoms with Crippen LogP contribution in [0, 0.1) is 0 Å². The molecular weight excluding hydrogens is 433 g/mol. The van der Waals surface area contributed by atoms with Crippen molar-refractivity contribution in [1.82, 2.24) is 5.32 Å². The van der Waals surface area contributed by atoms with E-state index in [-0.39, 0.29) is 6.42 Å². The van der Waals surface area contributed by atoms with Crippen molar-refractivity contribution in [3.05, 3.63) is 48.6 Å². The average molecular weight is 472 g/mol. The van der Waals surface area contributed by atoms with Gasteiger partial charge in [-0.1, -0.05) is 68.4 Å². The number of rotatable bonds is 19. The topological polar surface area (TPSA) is 133 Å². The summed E-state index contributed by atoms with van der Waals surface area (Å²) in [5, 5.41) is 11.2. The Labute approximate surface area is 191 Å². The van der Waals surface area contributed by atoms with E-state index in [1.165, 1.54) is 19.3 Å². The zero-order valence-corrected chi connectivity index (χ0v) is 19.8. The molecule has 8 nitrogen and oxygen atoms in total. The van der Waals surface area contributed by atoms with Gasteiger partial charge in [0.1, 0.15) is 0 Å². The van der Waals surface area contributed by atoms with E-state index in [1.54, 1.807) is 0 Å². The quantitative estimate of drug-likeness (QED) is 0.121.